The molecular formula is C28H42N4O4. The molecule has 2 aliphatic rings. The number of carbonyl (C=O) groups is 2. The number of aliphatic hydroxyl groups excluding tert-OH is 1. The van der Waals surface area contributed by atoms with Gasteiger partial charge in [0.1, 0.15) is 11.7 Å². The van der Waals surface area contributed by atoms with Crippen LogP contribution < -0.4 is 4.74 Å². The fourth-order valence-corrected chi connectivity index (χ4v) is 4.68. The van der Waals surface area contributed by atoms with Crippen LogP contribution in [-0.4, -0.2) is 95.1 Å². The van der Waals surface area contributed by atoms with Crippen LogP contribution in [0.2, 0.25) is 0 Å². The summed E-state index contributed by atoms with van der Waals surface area (Å²) in [7, 11) is 1.81. The van der Waals surface area contributed by atoms with E-state index in [0.29, 0.717) is 30.6 Å². The number of unbranched alkanes of at least 4 members (excludes halogenated alkanes) is 1. The first kappa shape index (κ1) is 27.9. The van der Waals surface area contributed by atoms with Gasteiger partial charge in [-0.15, -0.1) is 0 Å². The van der Waals surface area contributed by atoms with Crippen molar-refractivity contribution in [3.63, 3.8) is 0 Å². The molecule has 0 spiro atoms. The Morgan fingerprint density at radius 3 is 2.78 bits per heavy atom. The second kappa shape index (κ2) is 13.6. The van der Waals surface area contributed by atoms with Crippen LogP contribution in [0.3, 0.4) is 0 Å². The Balaban J connectivity index is 1.78. The first-order valence-corrected chi connectivity index (χ1v) is 13.4. The topological polar surface area (TPSA) is 86.2 Å². The van der Waals surface area contributed by atoms with Crippen molar-refractivity contribution in [3.8, 4) is 17.7 Å². The van der Waals surface area contributed by atoms with Gasteiger partial charge in [0.05, 0.1) is 19.2 Å². The molecule has 8 heteroatoms. The fourth-order valence-electron chi connectivity index (χ4n) is 4.68. The number of piperidine rings is 1. The smallest absolute Gasteiger partial charge is 0.259 e. The summed E-state index contributed by atoms with van der Waals surface area (Å²) < 4.78 is 6.30. The Bertz CT molecular complexity index is 951. The molecule has 8 nitrogen and oxygen atoms in total. The van der Waals surface area contributed by atoms with Crippen LogP contribution in [0.5, 0.6) is 5.88 Å². The van der Waals surface area contributed by atoms with Crippen molar-refractivity contribution in [2.45, 2.75) is 71.4 Å². The molecule has 0 aromatic carbocycles. The maximum atomic E-state index is 13.5. The highest BCUT2D eigenvalue weighted by atomic mass is 16.5. The molecule has 36 heavy (non-hydrogen) atoms. The molecule has 1 aromatic rings. The average Bonchev–Trinajstić information content (AvgIpc) is 2.89. The zero-order valence-electron chi connectivity index (χ0n) is 22.3. The Morgan fingerprint density at radius 2 is 2.08 bits per heavy atom. The zero-order chi connectivity index (χ0) is 26.1. The van der Waals surface area contributed by atoms with Crippen LogP contribution in [0.15, 0.2) is 12.3 Å². The minimum absolute atomic E-state index is 0.0701. The lowest BCUT2D eigenvalue weighted by Gasteiger charge is -2.37. The van der Waals surface area contributed by atoms with E-state index in [1.54, 1.807) is 22.1 Å². The predicted molar refractivity (Wildman–Crippen MR) is 140 cm³/mol. The number of rotatable bonds is 8. The van der Waals surface area contributed by atoms with E-state index in [0.717, 1.165) is 32.5 Å². The molecule has 3 atom stereocenters. The third-order valence-corrected chi connectivity index (χ3v) is 7.10. The number of aromatic nitrogens is 1. The number of carbonyl (C=O) groups excluding carboxylic acids is 2. The molecule has 3 heterocycles. The van der Waals surface area contributed by atoms with Crippen molar-refractivity contribution in [1.82, 2.24) is 19.7 Å². The first-order valence-electron chi connectivity index (χ1n) is 13.4. The minimum atomic E-state index is -0.356. The van der Waals surface area contributed by atoms with Crippen molar-refractivity contribution in [2.75, 3.05) is 46.4 Å². The zero-order valence-corrected chi connectivity index (χ0v) is 22.3. The molecule has 2 amide bonds. The highest BCUT2D eigenvalue weighted by Gasteiger charge is 2.34. The van der Waals surface area contributed by atoms with E-state index in [-0.39, 0.29) is 42.4 Å². The Labute approximate surface area is 216 Å². The van der Waals surface area contributed by atoms with Gasteiger partial charge in [0.25, 0.3) is 5.91 Å². The number of nitrogens with zero attached hydrogens (tertiary/aromatic N) is 4. The van der Waals surface area contributed by atoms with E-state index >= 15 is 0 Å². The Kier molecular flexibility index (Phi) is 10.6. The second-order valence-corrected chi connectivity index (χ2v) is 10.2. The van der Waals surface area contributed by atoms with Gasteiger partial charge in [-0.3, -0.25) is 9.59 Å². The summed E-state index contributed by atoms with van der Waals surface area (Å²) in [5, 5.41) is 9.83. The van der Waals surface area contributed by atoms with Gasteiger partial charge >= 0.3 is 0 Å². The number of likely N-dealkylation sites (N-methyl/N-ethyl adjacent to an activating group) is 1. The van der Waals surface area contributed by atoms with Crippen molar-refractivity contribution < 1.29 is 19.4 Å². The normalized spacial score (nSPS) is 21.4. The quantitative estimate of drug-likeness (QED) is 0.555. The van der Waals surface area contributed by atoms with E-state index in [4.69, 9.17) is 4.74 Å². The maximum Gasteiger partial charge on any atom is 0.259 e. The van der Waals surface area contributed by atoms with Crippen molar-refractivity contribution in [3.05, 3.63) is 23.4 Å². The standard InChI is InChI=1S/C28H42N4O4/c1-5-6-8-11-23-16-24-27(29-17-23)36-25(21(2)18-32(28(24)35)22(3)20-33)19-30(4)26(34)12-15-31-13-9-7-10-14-31/h16-17,21-22,25,33H,5-7,9-10,12-15,18-20H2,1-4H3/t21-,22-,25-/m1/s1. The van der Waals surface area contributed by atoms with Crippen LogP contribution in [-0.2, 0) is 4.79 Å². The number of likely N-dealkylation sites (tertiary alicyclic amines) is 1. The summed E-state index contributed by atoms with van der Waals surface area (Å²) >= 11 is 0. The third-order valence-electron chi connectivity index (χ3n) is 7.10. The second-order valence-electron chi connectivity index (χ2n) is 10.2. The summed E-state index contributed by atoms with van der Waals surface area (Å²) in [6, 6.07) is 1.37. The molecule has 0 unspecified atom stereocenters. The lowest BCUT2D eigenvalue weighted by Crippen LogP contribution is -2.50. The maximum absolute atomic E-state index is 13.5. The largest absolute Gasteiger partial charge is 0.472 e. The number of hydrogen-bond acceptors (Lipinski definition) is 6. The molecule has 0 radical (unpaired) electrons. The molecule has 1 aromatic heterocycles. The third kappa shape index (κ3) is 7.44. The molecule has 198 valence electrons. The summed E-state index contributed by atoms with van der Waals surface area (Å²) in [6.45, 7) is 9.49. The van der Waals surface area contributed by atoms with Gasteiger partial charge in [0, 0.05) is 50.7 Å². The van der Waals surface area contributed by atoms with Crippen LogP contribution in [0.25, 0.3) is 0 Å². The number of amides is 2. The molecule has 0 bridgehead atoms. The molecule has 3 rings (SSSR count). The van der Waals surface area contributed by atoms with E-state index in [1.165, 1.54) is 19.3 Å². The van der Waals surface area contributed by atoms with E-state index in [1.807, 2.05) is 20.9 Å². The fraction of sp³-hybridized carbons (Fsp3) is 0.679. The van der Waals surface area contributed by atoms with E-state index in [9.17, 15) is 14.7 Å². The van der Waals surface area contributed by atoms with Gasteiger partial charge in [-0.25, -0.2) is 4.98 Å². The SMILES string of the molecule is CCCC#Cc1cnc2c(c1)C(=O)N([C@H](C)CO)C[C@@H](C)[C@@H](CN(C)C(=O)CCN1CCCCC1)O2. The summed E-state index contributed by atoms with van der Waals surface area (Å²) in [6.07, 6.45) is 7.18. The van der Waals surface area contributed by atoms with Crippen LogP contribution >= 0.6 is 0 Å². The minimum Gasteiger partial charge on any atom is -0.472 e. The molecule has 0 saturated carbocycles. The van der Waals surface area contributed by atoms with E-state index in [2.05, 4.69) is 28.6 Å². The van der Waals surface area contributed by atoms with Gasteiger partial charge in [0.15, 0.2) is 0 Å². The summed E-state index contributed by atoms with van der Waals surface area (Å²) in [4.78, 5) is 36.6. The van der Waals surface area contributed by atoms with Gasteiger partial charge in [-0.1, -0.05) is 32.1 Å². The monoisotopic (exact) mass is 498 g/mol. The Morgan fingerprint density at radius 1 is 1.33 bits per heavy atom. The van der Waals surface area contributed by atoms with Crippen molar-refractivity contribution in [2.24, 2.45) is 5.92 Å². The van der Waals surface area contributed by atoms with Gasteiger partial charge in [-0.05, 0) is 45.3 Å². The van der Waals surface area contributed by atoms with E-state index < -0.39 is 0 Å². The van der Waals surface area contributed by atoms with Crippen molar-refractivity contribution in [1.29, 1.82) is 0 Å². The first-order chi connectivity index (χ1) is 17.3. The Hall–Kier alpha value is -2.63. The van der Waals surface area contributed by atoms with Gasteiger partial charge < -0.3 is 24.5 Å². The number of hydrogen-bond donors (Lipinski definition) is 1. The van der Waals surface area contributed by atoms with Crippen LogP contribution in [0.4, 0.5) is 0 Å². The molecular weight excluding hydrogens is 456 g/mol. The van der Waals surface area contributed by atoms with Crippen LogP contribution in [0.1, 0.15) is 75.2 Å². The predicted octanol–water partition coefficient (Wildman–Crippen LogP) is 2.79. The molecule has 1 saturated heterocycles. The van der Waals surface area contributed by atoms with Gasteiger partial charge in [-0.2, -0.15) is 0 Å². The molecule has 0 aliphatic carbocycles. The number of fused-ring (bicyclic) bond motifs is 1. The summed E-state index contributed by atoms with van der Waals surface area (Å²) in [5.41, 5.74) is 1.00. The van der Waals surface area contributed by atoms with Crippen LogP contribution in [0, 0.1) is 17.8 Å². The number of aliphatic hydroxyl groups is 1. The molecule has 1 fully saturated rings. The van der Waals surface area contributed by atoms with Crippen molar-refractivity contribution >= 4 is 11.8 Å². The number of pyridine rings is 1. The lowest BCUT2D eigenvalue weighted by atomic mass is 9.99. The summed E-state index contributed by atoms with van der Waals surface area (Å²) in [5.74, 6) is 6.21. The highest BCUT2D eigenvalue weighted by Crippen LogP contribution is 2.27. The highest BCUT2D eigenvalue weighted by molar-refractivity contribution is 5.97. The average molecular weight is 499 g/mol. The molecule has 2 aliphatic heterocycles. The van der Waals surface area contributed by atoms with Gasteiger partial charge in [0.2, 0.25) is 11.8 Å². The lowest BCUT2D eigenvalue weighted by molar-refractivity contribution is -0.131. The number of ether oxygens (including phenoxy) is 1. The molecule has 1 N–H and O–H groups in total.